The van der Waals surface area contributed by atoms with Crippen LogP contribution in [0.2, 0.25) is 0 Å². The van der Waals surface area contributed by atoms with E-state index in [0.717, 1.165) is 0 Å². The van der Waals surface area contributed by atoms with Gasteiger partial charge in [-0.05, 0) is 78.3 Å². The standard InChI is InChI=1S/HN81P/c1-2-3-4-5-6-7-8-9-10-11-12-13-14-15-16-17-18-19-20-21-22-23-24-25-26-27-28-29-30-31-32-33-34-35-36-37-38-39-40-41-42-43-44-45-46-47-48-49-50-51-52-53-54-55-56-57-58-59-60-61-62-63-64-65-66-67-68-69-70-71-72-73-74-75-76-77-78-79-80-81-82/h1H/q-1/b2-1?,4-3+,6-5+,8-7+,10-9+,12-11+,14-13+,16-15+,18-17+,20-19+,22-21+,24-23+,26-25+,28-27+,30-29+,32-31+,34-33+,36-35+,38-37+,40-39+,42-41+,44-43+,46-45+,48-47+,50-49+,52-51+,54-53+,56-55+,58-57+,60-59+,62-61+,64-63+,66-65+,68-67+,70-69+,72-71+,74-73+,76-75+,78-77+,80-79+. The zero-order valence-corrected chi connectivity index (χ0v) is 37.6. The Balaban J connectivity index is 4.11. The Morgan fingerprint density at radius 1 is 0.0976 bits per heavy atom. The second kappa shape index (κ2) is 65.1. The van der Waals surface area contributed by atoms with Crippen LogP contribution in [0.4, 0.5) is 0 Å². The van der Waals surface area contributed by atoms with Crippen molar-refractivity contribution in [2.24, 2.45) is 417 Å². The summed E-state index contributed by atoms with van der Waals surface area (Å²) in [6.45, 7) is 0. The van der Waals surface area contributed by atoms with E-state index in [1.807, 2.05) is 0 Å². The molecule has 0 saturated carbocycles. The first-order valence-electron chi connectivity index (χ1n) is 16.2. The van der Waals surface area contributed by atoms with E-state index < -0.39 is 0 Å². The lowest BCUT2D eigenvalue weighted by Gasteiger charge is -1.73. The van der Waals surface area contributed by atoms with Crippen LogP contribution < -0.4 is 0 Å². The summed E-state index contributed by atoms with van der Waals surface area (Å²) in [5.74, 6) is 0. The van der Waals surface area contributed by atoms with E-state index in [0.29, 0.717) is 0 Å². The number of rotatable bonds is 40. The van der Waals surface area contributed by atoms with Crippen molar-refractivity contribution < 1.29 is 0 Å². The van der Waals surface area contributed by atoms with Crippen molar-refractivity contribution >= 4 is 9.03 Å². The van der Waals surface area contributed by atoms with E-state index in [1.54, 1.807) is 0 Å². The second-order valence-electron chi connectivity index (χ2n) is 7.17. The molecule has 0 aromatic heterocycles. The lowest BCUT2D eigenvalue weighted by Crippen LogP contribution is -1.52. The van der Waals surface area contributed by atoms with Gasteiger partial charge in [-0.3, -0.25) is 0 Å². The molecule has 0 amide bonds. The average molecular weight is 1170 g/mol. The fraction of sp³-hybridized carbons (Fsp3) is 0. The Bertz CT molecular complexity index is 2720. The molecule has 0 rings (SSSR count). The van der Waals surface area contributed by atoms with Crippen LogP contribution >= 0.6 is 9.03 Å². The molecule has 412 valence electrons. The molecule has 0 saturated heterocycles. The zero-order chi connectivity index (χ0) is 58.6. The minimum absolute atomic E-state index is 2.50. The summed E-state index contributed by atoms with van der Waals surface area (Å²) in [5.41, 5.74) is 6.27. The Labute approximate surface area is 432 Å². The van der Waals surface area contributed by atoms with E-state index in [2.05, 4.69) is 427 Å². The van der Waals surface area contributed by atoms with Gasteiger partial charge in [-0.15, -0.1) is 0 Å². The average Bonchev–Trinajstić information content (AvgIpc) is 3.48. The lowest BCUT2D eigenvalue weighted by atomic mass is 12.3. The van der Waals surface area contributed by atoms with Gasteiger partial charge in [-0.1, -0.05) is 5.22 Å². The quantitative estimate of drug-likeness (QED) is 0.0340. The van der Waals surface area contributed by atoms with Crippen molar-refractivity contribution in [1.82, 2.24) is 0 Å². The second-order valence-corrected chi connectivity index (χ2v) is 7.34. The van der Waals surface area contributed by atoms with E-state index in [1.165, 1.54) is 0 Å². The smallest absolute Gasteiger partial charge is 0 e. The van der Waals surface area contributed by atoms with E-state index in [9.17, 15) is 0 Å². The minimum atomic E-state index is 2.50. The van der Waals surface area contributed by atoms with Crippen LogP contribution in [0.25, 0.3) is 0 Å². The normalized spacial score (nSPS) is 15.5. The van der Waals surface area contributed by atoms with Crippen molar-refractivity contribution in [2.75, 3.05) is 0 Å². The molecule has 82 heavy (non-hydrogen) atoms. The monoisotopic (exact) mass is 1170 g/mol. The fourth-order valence-corrected chi connectivity index (χ4v) is 1.43. The van der Waals surface area contributed by atoms with Gasteiger partial charge in [0.25, 0.3) is 0 Å². The van der Waals surface area contributed by atoms with Crippen molar-refractivity contribution in [3.05, 3.63) is 0 Å². The number of nitrogens with one attached hydrogen (secondary N) is 1. The van der Waals surface area contributed by atoms with Crippen LogP contribution in [-0.2, 0) is 0 Å². The van der Waals surface area contributed by atoms with Gasteiger partial charge in [0.05, 0.1) is 0 Å². The van der Waals surface area contributed by atoms with Gasteiger partial charge in [0, 0.05) is 329 Å². The molecule has 1 N–H and O–H groups in total. The van der Waals surface area contributed by atoms with E-state index in [4.69, 9.17) is 5.53 Å². The first-order chi connectivity index (χ1) is 40.9. The third kappa shape index (κ3) is 64.1. The predicted octanol–water partition coefficient (Wildman–Crippen LogP) is 15.8. The van der Waals surface area contributed by atoms with Crippen molar-refractivity contribution in [3.8, 4) is 0 Å². The highest BCUT2D eigenvalue weighted by Crippen LogP contribution is 1.96. The summed E-state index contributed by atoms with van der Waals surface area (Å²) in [4.78, 5) is 2.94. The van der Waals surface area contributed by atoms with Crippen molar-refractivity contribution in [1.29, 1.82) is 5.53 Å². The molecular formula is HN81P-. The summed E-state index contributed by atoms with van der Waals surface area (Å²) in [7, 11) is 3.36. The van der Waals surface area contributed by atoms with Gasteiger partial charge in [-0.2, -0.15) is 5.53 Å². The molecule has 0 aromatic carbocycles. The van der Waals surface area contributed by atoms with Gasteiger partial charge in [-0.25, -0.2) is 0 Å². The molecule has 0 spiro atoms. The maximum absolute atomic E-state index is 6.27. The van der Waals surface area contributed by atoms with Gasteiger partial charge in [0.1, 0.15) is 0 Å². The SMILES string of the molecule is N=N/N=N/N=N/N=N/N=N/N=N/N=N/N=N/N=N/N=N/N=N/N=N/N=N/N=N/N=N/N=N/N=N/N=N/N=N/N=N/N=N/N=N/N=N/N=N/N=N/N=N/N=N/N=N/N=N/N=N/N=N/N=N/N=N/N=N/N=N/N=N/N=N/N=N/N=N/N=N/N=[P-]. The maximum atomic E-state index is 6.27. The first kappa shape index (κ1) is 66.1. The zero-order valence-electron chi connectivity index (χ0n) is 36.7. The molecule has 81 nitrogen and oxygen atoms in total. The summed E-state index contributed by atoms with van der Waals surface area (Å²) in [6.07, 6.45) is 0. The van der Waals surface area contributed by atoms with Crippen LogP contribution in [0, 0.1) is 5.53 Å². The predicted molar refractivity (Wildman–Crippen MR) is 204 cm³/mol. The van der Waals surface area contributed by atoms with E-state index in [-0.39, 0.29) is 0 Å². The molecule has 0 radical (unpaired) electrons. The molecule has 0 unspecified atom stereocenters. The molecule has 0 fully saturated rings. The van der Waals surface area contributed by atoms with E-state index >= 15 is 0 Å². The fourth-order valence-electron chi connectivity index (χ4n) is 1.40. The Morgan fingerprint density at radius 2 is 0.159 bits per heavy atom. The summed E-state index contributed by atoms with van der Waals surface area (Å²) in [5, 5.41) is 236. The highest BCUT2D eigenvalue weighted by molar-refractivity contribution is 7.03. The lowest BCUT2D eigenvalue weighted by molar-refractivity contribution is 0.723. The Hall–Kier alpha value is -15.9. The van der Waals surface area contributed by atoms with Crippen LogP contribution in [0.5, 0.6) is 0 Å². The largest absolute Gasteiger partial charge is 0.575 e. The third-order valence-corrected chi connectivity index (χ3v) is 3.24. The number of nitrogens with zero attached hydrogens (tertiary/aromatic N) is 80. The van der Waals surface area contributed by atoms with Gasteiger partial charge >= 0.3 is 0 Å². The minimum Gasteiger partial charge on any atom is -0.575 e. The maximum Gasteiger partial charge on any atom is 0 e. The Kier molecular flexibility index (Phi) is 52.5. The third-order valence-electron chi connectivity index (χ3n) is 3.16. The van der Waals surface area contributed by atoms with Crippen LogP contribution in [-0.4, -0.2) is 0 Å². The van der Waals surface area contributed by atoms with Crippen LogP contribution in [0.1, 0.15) is 0 Å². The molecular weight excluding hydrogens is 1170 g/mol. The first-order valence-corrected chi connectivity index (χ1v) is 16.6. The van der Waals surface area contributed by atoms with Crippen molar-refractivity contribution in [3.63, 3.8) is 0 Å². The highest BCUT2D eigenvalue weighted by atomic mass is 31.0. The topological polar surface area (TPSA) is 1010 Å². The van der Waals surface area contributed by atoms with Gasteiger partial charge in [0.15, 0.2) is 0 Å². The molecule has 0 aliphatic carbocycles. The summed E-state index contributed by atoms with van der Waals surface area (Å²) < 4.78 is 0. The van der Waals surface area contributed by atoms with Crippen LogP contribution in [0.3, 0.4) is 0 Å². The van der Waals surface area contributed by atoms with Gasteiger partial charge < -0.3 is 13.9 Å². The highest BCUT2D eigenvalue weighted by Gasteiger charge is 1.78. The molecule has 0 atom stereocenters. The molecule has 0 aliphatic rings. The molecule has 0 heterocycles. The summed E-state index contributed by atoms with van der Waals surface area (Å²) in [6, 6.07) is 0. The molecule has 0 aliphatic heterocycles. The van der Waals surface area contributed by atoms with Gasteiger partial charge in [0.2, 0.25) is 0 Å². The Morgan fingerprint density at radius 3 is 0.220 bits per heavy atom. The number of hydrogen-bond donors (Lipinski definition) is 1. The summed E-state index contributed by atoms with van der Waals surface area (Å²) >= 11 is 0. The molecule has 0 bridgehead atoms. The van der Waals surface area contributed by atoms with Crippen LogP contribution in [0.15, 0.2) is 417 Å². The van der Waals surface area contributed by atoms with Crippen molar-refractivity contribution in [2.45, 2.75) is 0 Å². The molecule has 82 heteroatoms. The number of hydrogen-bond acceptors (Lipinski definition) is 1. The molecule has 0 aromatic rings.